The summed E-state index contributed by atoms with van der Waals surface area (Å²) < 4.78 is 13.4. The van der Waals surface area contributed by atoms with Crippen molar-refractivity contribution in [1.82, 2.24) is 0 Å². The van der Waals surface area contributed by atoms with Gasteiger partial charge < -0.3 is 10.6 Å². The molecular formula is C10H15FN2. The minimum atomic E-state index is -0.222. The highest BCUT2D eigenvalue weighted by molar-refractivity contribution is 5.48. The summed E-state index contributed by atoms with van der Waals surface area (Å²) in [7, 11) is 3.62. The fourth-order valence-corrected chi connectivity index (χ4v) is 1.17. The van der Waals surface area contributed by atoms with E-state index >= 15 is 0 Å². The third kappa shape index (κ3) is 2.18. The number of hydrogen-bond donors (Lipinski definition) is 1. The van der Waals surface area contributed by atoms with Crippen LogP contribution in [0.25, 0.3) is 0 Å². The molecule has 0 saturated carbocycles. The van der Waals surface area contributed by atoms with Crippen molar-refractivity contribution in [3.63, 3.8) is 0 Å². The SMILES string of the molecule is C[C@H](N)c1ccc(N(C)C)c(F)c1. The van der Waals surface area contributed by atoms with Crippen molar-refractivity contribution in [2.24, 2.45) is 5.73 Å². The van der Waals surface area contributed by atoms with Gasteiger partial charge in [-0.25, -0.2) is 4.39 Å². The summed E-state index contributed by atoms with van der Waals surface area (Å²) in [5.74, 6) is -0.222. The van der Waals surface area contributed by atoms with Crippen molar-refractivity contribution in [3.05, 3.63) is 29.6 Å². The Balaban J connectivity index is 3.06. The van der Waals surface area contributed by atoms with Crippen molar-refractivity contribution in [1.29, 1.82) is 0 Å². The van der Waals surface area contributed by atoms with Crippen LogP contribution in [0.5, 0.6) is 0 Å². The molecule has 0 radical (unpaired) electrons. The molecule has 0 fully saturated rings. The molecule has 72 valence electrons. The van der Waals surface area contributed by atoms with Crippen LogP contribution in [-0.2, 0) is 0 Å². The molecule has 0 bridgehead atoms. The van der Waals surface area contributed by atoms with E-state index in [4.69, 9.17) is 5.73 Å². The first-order valence-corrected chi connectivity index (χ1v) is 4.24. The summed E-state index contributed by atoms with van der Waals surface area (Å²) in [6.07, 6.45) is 0. The topological polar surface area (TPSA) is 29.3 Å². The Morgan fingerprint density at radius 1 is 1.38 bits per heavy atom. The first-order valence-electron chi connectivity index (χ1n) is 4.24. The summed E-state index contributed by atoms with van der Waals surface area (Å²) in [5, 5.41) is 0. The molecule has 0 heterocycles. The van der Waals surface area contributed by atoms with Crippen molar-refractivity contribution < 1.29 is 4.39 Å². The van der Waals surface area contributed by atoms with Gasteiger partial charge in [-0.1, -0.05) is 6.07 Å². The van der Waals surface area contributed by atoms with E-state index < -0.39 is 0 Å². The second kappa shape index (κ2) is 3.75. The molecule has 1 aromatic rings. The van der Waals surface area contributed by atoms with E-state index in [2.05, 4.69) is 0 Å². The summed E-state index contributed by atoms with van der Waals surface area (Å²) in [4.78, 5) is 1.74. The molecule has 0 unspecified atom stereocenters. The fraction of sp³-hybridized carbons (Fsp3) is 0.400. The van der Waals surface area contributed by atoms with Crippen LogP contribution in [0.1, 0.15) is 18.5 Å². The quantitative estimate of drug-likeness (QED) is 0.757. The van der Waals surface area contributed by atoms with Gasteiger partial charge in [-0.15, -0.1) is 0 Å². The first-order chi connectivity index (χ1) is 6.02. The van der Waals surface area contributed by atoms with Crippen LogP contribution in [0.15, 0.2) is 18.2 Å². The standard InChI is InChI=1S/C10H15FN2/c1-7(12)8-4-5-10(13(2)3)9(11)6-8/h4-7H,12H2,1-3H3/t7-/m0/s1. The molecule has 0 aliphatic rings. The maximum absolute atomic E-state index is 13.4. The molecule has 13 heavy (non-hydrogen) atoms. The molecule has 0 aliphatic heterocycles. The van der Waals surface area contributed by atoms with Gasteiger partial charge in [-0.3, -0.25) is 0 Å². The van der Waals surface area contributed by atoms with Crippen LogP contribution >= 0.6 is 0 Å². The smallest absolute Gasteiger partial charge is 0.146 e. The summed E-state index contributed by atoms with van der Waals surface area (Å²) in [6.45, 7) is 1.84. The summed E-state index contributed by atoms with van der Waals surface area (Å²) in [5.41, 5.74) is 7.04. The predicted octanol–water partition coefficient (Wildman–Crippen LogP) is 1.91. The zero-order valence-electron chi connectivity index (χ0n) is 8.21. The number of nitrogens with two attached hydrogens (primary N) is 1. The molecule has 0 amide bonds. The van der Waals surface area contributed by atoms with Crippen LogP contribution in [0.2, 0.25) is 0 Å². The third-order valence-electron chi connectivity index (χ3n) is 1.98. The molecule has 2 nitrogen and oxygen atoms in total. The van der Waals surface area contributed by atoms with Crippen molar-refractivity contribution >= 4 is 5.69 Å². The van der Waals surface area contributed by atoms with Crippen LogP contribution in [0.3, 0.4) is 0 Å². The Bertz CT molecular complexity index is 295. The fourth-order valence-electron chi connectivity index (χ4n) is 1.17. The molecule has 1 aromatic carbocycles. The molecule has 0 saturated heterocycles. The van der Waals surface area contributed by atoms with Gasteiger partial charge in [-0.05, 0) is 24.6 Å². The van der Waals surface area contributed by atoms with Crippen LogP contribution < -0.4 is 10.6 Å². The molecule has 0 spiro atoms. The maximum atomic E-state index is 13.4. The van der Waals surface area contributed by atoms with Crippen molar-refractivity contribution in [3.8, 4) is 0 Å². The number of nitrogens with zero attached hydrogens (tertiary/aromatic N) is 1. The van der Waals surface area contributed by atoms with Gasteiger partial charge in [0.25, 0.3) is 0 Å². The maximum Gasteiger partial charge on any atom is 0.146 e. The van der Waals surface area contributed by atoms with Gasteiger partial charge >= 0.3 is 0 Å². The number of benzene rings is 1. The molecule has 0 aromatic heterocycles. The molecule has 3 heteroatoms. The number of anilines is 1. The highest BCUT2D eigenvalue weighted by Crippen LogP contribution is 2.20. The zero-order chi connectivity index (χ0) is 10.0. The van der Waals surface area contributed by atoms with E-state index in [1.165, 1.54) is 6.07 Å². The van der Waals surface area contributed by atoms with E-state index in [0.717, 1.165) is 5.56 Å². The third-order valence-corrected chi connectivity index (χ3v) is 1.98. The Hall–Kier alpha value is -1.09. The largest absolute Gasteiger partial charge is 0.375 e. The van der Waals surface area contributed by atoms with Crippen molar-refractivity contribution in [2.45, 2.75) is 13.0 Å². The molecule has 1 rings (SSSR count). The Morgan fingerprint density at radius 2 is 2.00 bits per heavy atom. The van der Waals surface area contributed by atoms with Gasteiger partial charge in [0.15, 0.2) is 0 Å². The normalized spacial score (nSPS) is 12.7. The van der Waals surface area contributed by atoms with E-state index in [0.29, 0.717) is 5.69 Å². The summed E-state index contributed by atoms with van der Waals surface area (Å²) >= 11 is 0. The first kappa shape index (κ1) is 9.99. The lowest BCUT2D eigenvalue weighted by molar-refractivity contribution is 0.621. The molecule has 1 atom stereocenters. The van der Waals surface area contributed by atoms with Gasteiger partial charge in [-0.2, -0.15) is 0 Å². The number of halogens is 1. The highest BCUT2D eigenvalue weighted by atomic mass is 19.1. The van der Waals surface area contributed by atoms with Gasteiger partial charge in [0.05, 0.1) is 5.69 Å². The Labute approximate surface area is 78.2 Å². The van der Waals surface area contributed by atoms with E-state index in [1.54, 1.807) is 11.0 Å². The zero-order valence-corrected chi connectivity index (χ0v) is 8.21. The number of hydrogen-bond acceptors (Lipinski definition) is 2. The second-order valence-electron chi connectivity index (χ2n) is 3.39. The number of rotatable bonds is 2. The van der Waals surface area contributed by atoms with Crippen LogP contribution in [-0.4, -0.2) is 14.1 Å². The van der Waals surface area contributed by atoms with E-state index in [1.807, 2.05) is 27.1 Å². The van der Waals surface area contributed by atoms with Crippen LogP contribution in [0.4, 0.5) is 10.1 Å². The summed E-state index contributed by atoms with van der Waals surface area (Å²) in [6, 6.07) is 4.96. The second-order valence-corrected chi connectivity index (χ2v) is 3.39. The van der Waals surface area contributed by atoms with Gasteiger partial charge in [0.2, 0.25) is 0 Å². The van der Waals surface area contributed by atoms with Gasteiger partial charge in [0, 0.05) is 20.1 Å². The lowest BCUT2D eigenvalue weighted by atomic mass is 10.1. The van der Waals surface area contributed by atoms with Gasteiger partial charge in [0.1, 0.15) is 5.82 Å². The molecule has 0 aliphatic carbocycles. The van der Waals surface area contributed by atoms with Crippen LogP contribution in [0, 0.1) is 5.82 Å². The van der Waals surface area contributed by atoms with E-state index in [-0.39, 0.29) is 11.9 Å². The Morgan fingerprint density at radius 3 is 2.38 bits per heavy atom. The molecule has 2 N–H and O–H groups in total. The average molecular weight is 182 g/mol. The van der Waals surface area contributed by atoms with Crippen molar-refractivity contribution in [2.75, 3.05) is 19.0 Å². The minimum Gasteiger partial charge on any atom is -0.375 e. The lowest BCUT2D eigenvalue weighted by Gasteiger charge is -2.15. The minimum absolute atomic E-state index is 0.120. The monoisotopic (exact) mass is 182 g/mol. The average Bonchev–Trinajstić information content (AvgIpc) is 2.03. The Kier molecular flexibility index (Phi) is 2.88. The highest BCUT2D eigenvalue weighted by Gasteiger charge is 2.06. The molecular weight excluding hydrogens is 167 g/mol. The van der Waals surface area contributed by atoms with E-state index in [9.17, 15) is 4.39 Å². The predicted molar refractivity (Wildman–Crippen MR) is 53.3 cm³/mol. The lowest BCUT2D eigenvalue weighted by Crippen LogP contribution is -2.12.